The van der Waals surface area contributed by atoms with Crippen molar-refractivity contribution in [3.05, 3.63) is 46.3 Å². The van der Waals surface area contributed by atoms with E-state index in [-0.39, 0.29) is 23.5 Å². The molecule has 2 rings (SSSR count). The minimum atomic E-state index is -1.23. The first-order chi connectivity index (χ1) is 9.59. The van der Waals surface area contributed by atoms with E-state index in [0.717, 1.165) is 0 Å². The first kappa shape index (κ1) is 13.5. The van der Waals surface area contributed by atoms with Crippen molar-refractivity contribution in [2.75, 3.05) is 11.9 Å². The summed E-state index contributed by atoms with van der Waals surface area (Å²) in [4.78, 5) is 21.4. The van der Waals surface area contributed by atoms with Crippen LogP contribution >= 0.6 is 0 Å². The SMILES string of the molecule is O=C(O)c1cccc([N+](=O)[O-])c1NCCn1ccnn1. The maximum absolute atomic E-state index is 11.1. The lowest BCUT2D eigenvalue weighted by molar-refractivity contribution is -0.384. The molecule has 0 bridgehead atoms. The van der Waals surface area contributed by atoms with Gasteiger partial charge in [0.25, 0.3) is 5.69 Å². The van der Waals surface area contributed by atoms with Crippen LogP contribution in [0.1, 0.15) is 10.4 Å². The molecule has 0 spiro atoms. The second-order valence-electron chi connectivity index (χ2n) is 3.85. The van der Waals surface area contributed by atoms with Crippen molar-refractivity contribution in [3.63, 3.8) is 0 Å². The van der Waals surface area contributed by atoms with E-state index in [0.29, 0.717) is 6.54 Å². The molecule has 2 N–H and O–H groups in total. The van der Waals surface area contributed by atoms with Crippen LogP contribution in [0, 0.1) is 10.1 Å². The molecular formula is C11H11N5O4. The van der Waals surface area contributed by atoms with Gasteiger partial charge in [-0.05, 0) is 6.07 Å². The standard InChI is InChI=1S/C11H11N5O4/c17-11(18)8-2-1-3-9(16(19)20)10(8)12-4-6-15-7-5-13-14-15/h1-3,5,7,12H,4,6H2,(H,17,18). The summed E-state index contributed by atoms with van der Waals surface area (Å²) in [6.07, 6.45) is 3.15. The third-order valence-corrected chi connectivity index (χ3v) is 2.58. The van der Waals surface area contributed by atoms with E-state index in [4.69, 9.17) is 5.11 Å². The number of rotatable bonds is 6. The van der Waals surface area contributed by atoms with Crippen molar-refractivity contribution in [1.82, 2.24) is 15.0 Å². The molecular weight excluding hydrogens is 266 g/mol. The largest absolute Gasteiger partial charge is 0.478 e. The minimum Gasteiger partial charge on any atom is -0.478 e. The Bertz CT molecular complexity index is 593. The first-order valence-electron chi connectivity index (χ1n) is 5.68. The fourth-order valence-electron chi connectivity index (χ4n) is 1.70. The summed E-state index contributed by atoms with van der Waals surface area (Å²) in [6, 6.07) is 3.90. The summed E-state index contributed by atoms with van der Waals surface area (Å²) in [5.41, 5.74) is -0.425. The summed E-state index contributed by atoms with van der Waals surface area (Å²) in [5, 5.41) is 30.1. The molecule has 0 fully saturated rings. The number of anilines is 1. The number of para-hydroxylation sites is 1. The van der Waals surface area contributed by atoms with Crippen molar-refractivity contribution in [2.24, 2.45) is 0 Å². The van der Waals surface area contributed by atoms with Crippen LogP contribution in [-0.4, -0.2) is 37.5 Å². The van der Waals surface area contributed by atoms with E-state index in [2.05, 4.69) is 15.6 Å². The zero-order valence-corrected chi connectivity index (χ0v) is 10.3. The molecule has 1 aromatic heterocycles. The number of nitrogens with zero attached hydrogens (tertiary/aromatic N) is 4. The summed E-state index contributed by atoms with van der Waals surface area (Å²) in [5.74, 6) is -1.23. The average Bonchev–Trinajstić information content (AvgIpc) is 2.91. The second-order valence-corrected chi connectivity index (χ2v) is 3.85. The van der Waals surface area contributed by atoms with E-state index in [1.165, 1.54) is 29.1 Å². The molecule has 0 radical (unpaired) electrons. The fraction of sp³-hybridized carbons (Fsp3) is 0.182. The quantitative estimate of drug-likeness (QED) is 0.596. The smallest absolute Gasteiger partial charge is 0.338 e. The van der Waals surface area contributed by atoms with E-state index < -0.39 is 10.9 Å². The number of carbonyl (C=O) groups is 1. The lowest BCUT2D eigenvalue weighted by Crippen LogP contribution is -2.14. The van der Waals surface area contributed by atoms with Gasteiger partial charge in [-0.25, -0.2) is 4.79 Å². The first-order valence-corrected chi connectivity index (χ1v) is 5.68. The number of nitrogens with one attached hydrogen (secondary N) is 1. The summed E-state index contributed by atoms with van der Waals surface area (Å²) >= 11 is 0. The van der Waals surface area contributed by atoms with Gasteiger partial charge in [-0.2, -0.15) is 0 Å². The molecule has 1 heterocycles. The van der Waals surface area contributed by atoms with Crippen LogP contribution in [0.15, 0.2) is 30.6 Å². The van der Waals surface area contributed by atoms with E-state index >= 15 is 0 Å². The van der Waals surface area contributed by atoms with Crippen LogP contribution in [0.2, 0.25) is 0 Å². The molecule has 2 aromatic rings. The average molecular weight is 277 g/mol. The molecule has 0 amide bonds. The summed E-state index contributed by atoms with van der Waals surface area (Å²) in [6.45, 7) is 0.694. The van der Waals surface area contributed by atoms with Crippen molar-refractivity contribution in [2.45, 2.75) is 6.54 Å². The molecule has 9 nitrogen and oxygen atoms in total. The summed E-state index contributed by atoms with van der Waals surface area (Å²) in [7, 11) is 0. The Balaban J connectivity index is 2.19. The van der Waals surface area contributed by atoms with E-state index in [9.17, 15) is 14.9 Å². The Kier molecular flexibility index (Phi) is 3.89. The highest BCUT2D eigenvalue weighted by atomic mass is 16.6. The number of aromatic nitrogens is 3. The van der Waals surface area contributed by atoms with Crippen molar-refractivity contribution in [3.8, 4) is 0 Å². The van der Waals surface area contributed by atoms with E-state index in [1.54, 1.807) is 6.20 Å². The van der Waals surface area contributed by atoms with Crippen LogP contribution in [0.3, 0.4) is 0 Å². The number of hydrogen-bond acceptors (Lipinski definition) is 6. The molecule has 0 aliphatic carbocycles. The van der Waals surface area contributed by atoms with Gasteiger partial charge in [0.1, 0.15) is 5.69 Å². The third kappa shape index (κ3) is 2.88. The zero-order chi connectivity index (χ0) is 14.5. The Morgan fingerprint density at radius 3 is 2.90 bits per heavy atom. The molecule has 9 heteroatoms. The van der Waals surface area contributed by atoms with Gasteiger partial charge in [0.15, 0.2) is 0 Å². The van der Waals surface area contributed by atoms with Gasteiger partial charge in [-0.15, -0.1) is 5.10 Å². The number of carboxylic acid groups (broad SMARTS) is 1. The van der Waals surface area contributed by atoms with Crippen LogP contribution in [0.5, 0.6) is 0 Å². The Hall–Kier alpha value is -2.97. The predicted molar refractivity (Wildman–Crippen MR) is 68.6 cm³/mol. The molecule has 20 heavy (non-hydrogen) atoms. The second kappa shape index (κ2) is 5.78. The van der Waals surface area contributed by atoms with Gasteiger partial charge in [-0.1, -0.05) is 11.3 Å². The van der Waals surface area contributed by atoms with Crippen LogP contribution in [0.4, 0.5) is 11.4 Å². The molecule has 0 saturated carbocycles. The molecule has 0 saturated heterocycles. The fourth-order valence-corrected chi connectivity index (χ4v) is 1.70. The Morgan fingerprint density at radius 1 is 1.50 bits per heavy atom. The van der Waals surface area contributed by atoms with Crippen LogP contribution in [0.25, 0.3) is 0 Å². The summed E-state index contributed by atoms with van der Waals surface area (Å²) < 4.78 is 1.53. The number of aromatic carboxylic acids is 1. The van der Waals surface area contributed by atoms with Crippen molar-refractivity contribution in [1.29, 1.82) is 0 Å². The number of nitro groups is 1. The predicted octanol–water partition coefficient (Wildman–Crippen LogP) is 0.997. The molecule has 0 aliphatic rings. The lowest BCUT2D eigenvalue weighted by Gasteiger charge is -2.09. The van der Waals surface area contributed by atoms with Crippen molar-refractivity contribution >= 4 is 17.3 Å². The van der Waals surface area contributed by atoms with Gasteiger partial charge in [0, 0.05) is 18.8 Å². The Morgan fingerprint density at radius 2 is 2.30 bits per heavy atom. The van der Waals surface area contributed by atoms with Crippen molar-refractivity contribution < 1.29 is 14.8 Å². The monoisotopic (exact) mass is 277 g/mol. The molecule has 0 aliphatic heterocycles. The number of nitro benzene ring substituents is 1. The lowest BCUT2D eigenvalue weighted by atomic mass is 10.1. The van der Waals surface area contributed by atoms with Crippen LogP contribution in [-0.2, 0) is 6.54 Å². The van der Waals surface area contributed by atoms with Gasteiger partial charge in [-0.3, -0.25) is 14.8 Å². The number of hydrogen-bond donors (Lipinski definition) is 2. The topological polar surface area (TPSA) is 123 Å². The molecule has 0 unspecified atom stereocenters. The van der Waals surface area contributed by atoms with Gasteiger partial charge in [0.2, 0.25) is 0 Å². The molecule has 104 valence electrons. The van der Waals surface area contributed by atoms with Crippen LogP contribution < -0.4 is 5.32 Å². The third-order valence-electron chi connectivity index (χ3n) is 2.58. The number of carboxylic acids is 1. The highest BCUT2D eigenvalue weighted by Gasteiger charge is 2.20. The van der Waals surface area contributed by atoms with Gasteiger partial charge in [0.05, 0.1) is 23.2 Å². The normalized spacial score (nSPS) is 10.2. The Labute approximate surface area is 113 Å². The van der Waals surface area contributed by atoms with Gasteiger partial charge >= 0.3 is 5.97 Å². The minimum absolute atomic E-state index is 0.00915. The molecule has 1 aromatic carbocycles. The maximum Gasteiger partial charge on any atom is 0.338 e. The van der Waals surface area contributed by atoms with Gasteiger partial charge < -0.3 is 10.4 Å². The van der Waals surface area contributed by atoms with E-state index in [1.807, 2.05) is 0 Å². The molecule has 0 atom stereocenters. The number of benzene rings is 1. The zero-order valence-electron chi connectivity index (χ0n) is 10.3. The maximum atomic E-state index is 11.1. The highest BCUT2D eigenvalue weighted by Crippen LogP contribution is 2.28. The highest BCUT2D eigenvalue weighted by molar-refractivity contribution is 5.96.